The zero-order chi connectivity index (χ0) is 18.2. The Morgan fingerprint density at radius 3 is 2.54 bits per heavy atom. The van der Waals surface area contributed by atoms with Gasteiger partial charge in [0.15, 0.2) is 0 Å². The van der Waals surface area contributed by atoms with Crippen molar-refractivity contribution in [3.05, 3.63) is 83.9 Å². The summed E-state index contributed by atoms with van der Waals surface area (Å²) >= 11 is 0. The fourth-order valence-corrected chi connectivity index (χ4v) is 2.61. The number of rotatable bonds is 6. The van der Waals surface area contributed by atoms with Crippen LogP contribution in [0.5, 0.6) is 5.75 Å². The van der Waals surface area contributed by atoms with Gasteiger partial charge in [-0.25, -0.2) is 0 Å². The first-order valence-electron chi connectivity index (χ1n) is 8.33. The van der Waals surface area contributed by atoms with E-state index in [-0.39, 0.29) is 5.57 Å². The minimum absolute atomic E-state index is 0.0707. The van der Waals surface area contributed by atoms with Crippen molar-refractivity contribution in [2.45, 2.75) is 0 Å². The van der Waals surface area contributed by atoms with E-state index in [2.05, 4.69) is 5.32 Å². The van der Waals surface area contributed by atoms with Crippen LogP contribution in [-0.4, -0.2) is 19.1 Å². The molecule has 4 heteroatoms. The minimum atomic E-state index is -0.405. The average Bonchev–Trinajstić information content (AvgIpc) is 2.70. The summed E-state index contributed by atoms with van der Waals surface area (Å²) in [7, 11) is 0. The average molecular weight is 342 g/mol. The molecule has 3 rings (SSSR count). The lowest BCUT2D eigenvalue weighted by molar-refractivity contribution is -0.117. The molecule has 3 aromatic rings. The molecule has 0 aliphatic carbocycles. The second-order valence-electron chi connectivity index (χ2n) is 5.66. The van der Waals surface area contributed by atoms with E-state index in [1.807, 2.05) is 78.9 Å². The summed E-state index contributed by atoms with van der Waals surface area (Å²) < 4.78 is 5.78. The van der Waals surface area contributed by atoms with Crippen LogP contribution < -0.4 is 10.1 Å². The van der Waals surface area contributed by atoms with Crippen molar-refractivity contribution in [3.8, 4) is 11.8 Å². The molecule has 0 saturated heterocycles. The van der Waals surface area contributed by atoms with Crippen LogP contribution in [0.2, 0.25) is 0 Å². The number of carbonyl (C=O) groups excluding carboxylic acids is 1. The Morgan fingerprint density at radius 2 is 1.73 bits per heavy atom. The molecule has 1 N–H and O–H groups in total. The second-order valence-corrected chi connectivity index (χ2v) is 5.66. The van der Waals surface area contributed by atoms with Gasteiger partial charge in [0.05, 0.1) is 6.54 Å². The van der Waals surface area contributed by atoms with Gasteiger partial charge in [0.25, 0.3) is 5.91 Å². The monoisotopic (exact) mass is 342 g/mol. The summed E-state index contributed by atoms with van der Waals surface area (Å²) in [6.07, 6.45) is 1.57. The van der Waals surface area contributed by atoms with Crippen LogP contribution in [-0.2, 0) is 4.79 Å². The number of nitrogens with zero attached hydrogens (tertiary/aromatic N) is 1. The van der Waals surface area contributed by atoms with Crippen molar-refractivity contribution in [1.29, 1.82) is 5.26 Å². The van der Waals surface area contributed by atoms with E-state index in [9.17, 15) is 10.1 Å². The van der Waals surface area contributed by atoms with E-state index in [4.69, 9.17) is 4.74 Å². The second kappa shape index (κ2) is 8.50. The SMILES string of the molecule is N#C/C(=C\c1ccccc1)C(=O)NCCOc1cccc2ccccc12. The number of amides is 1. The topological polar surface area (TPSA) is 62.1 Å². The number of fused-ring (bicyclic) bond motifs is 1. The molecule has 0 aromatic heterocycles. The van der Waals surface area contributed by atoms with E-state index < -0.39 is 5.91 Å². The summed E-state index contributed by atoms with van der Waals surface area (Å²) in [5.41, 5.74) is 0.882. The molecule has 0 unspecified atom stereocenters. The number of benzene rings is 3. The predicted molar refractivity (Wildman–Crippen MR) is 102 cm³/mol. The lowest BCUT2D eigenvalue weighted by atomic mass is 10.1. The van der Waals surface area contributed by atoms with E-state index in [0.29, 0.717) is 13.2 Å². The van der Waals surface area contributed by atoms with Gasteiger partial charge in [-0.05, 0) is 23.1 Å². The molecule has 0 saturated carbocycles. The van der Waals surface area contributed by atoms with Crippen LogP contribution in [0, 0.1) is 11.3 Å². The largest absolute Gasteiger partial charge is 0.491 e. The lowest BCUT2D eigenvalue weighted by Crippen LogP contribution is -2.29. The zero-order valence-electron chi connectivity index (χ0n) is 14.2. The number of nitriles is 1. The van der Waals surface area contributed by atoms with Gasteiger partial charge in [-0.15, -0.1) is 0 Å². The van der Waals surface area contributed by atoms with Gasteiger partial charge in [0.2, 0.25) is 0 Å². The molecular weight excluding hydrogens is 324 g/mol. The first kappa shape index (κ1) is 17.2. The normalized spacial score (nSPS) is 11.0. The molecule has 0 bridgehead atoms. The van der Waals surface area contributed by atoms with Crippen LogP contribution in [0.3, 0.4) is 0 Å². The van der Waals surface area contributed by atoms with Crippen molar-refractivity contribution >= 4 is 22.8 Å². The number of hydrogen-bond donors (Lipinski definition) is 1. The van der Waals surface area contributed by atoms with Crippen LogP contribution in [0.25, 0.3) is 16.8 Å². The highest BCUT2D eigenvalue weighted by Gasteiger charge is 2.08. The van der Waals surface area contributed by atoms with Crippen molar-refractivity contribution in [2.75, 3.05) is 13.2 Å². The minimum Gasteiger partial charge on any atom is -0.491 e. The summed E-state index contributed by atoms with van der Waals surface area (Å²) in [6, 6.07) is 25.1. The highest BCUT2D eigenvalue weighted by molar-refractivity contribution is 6.01. The zero-order valence-corrected chi connectivity index (χ0v) is 14.2. The number of nitrogens with one attached hydrogen (secondary N) is 1. The third-order valence-corrected chi connectivity index (χ3v) is 3.87. The van der Waals surface area contributed by atoms with Crippen LogP contribution in [0.1, 0.15) is 5.56 Å². The Morgan fingerprint density at radius 1 is 1.00 bits per heavy atom. The van der Waals surface area contributed by atoms with Crippen molar-refractivity contribution in [1.82, 2.24) is 5.32 Å². The van der Waals surface area contributed by atoms with Gasteiger partial charge < -0.3 is 10.1 Å². The molecule has 3 aromatic carbocycles. The summed E-state index contributed by atoms with van der Waals surface area (Å²) in [6.45, 7) is 0.639. The van der Waals surface area contributed by atoms with Crippen molar-refractivity contribution in [3.63, 3.8) is 0 Å². The van der Waals surface area contributed by atoms with Gasteiger partial charge in [0.1, 0.15) is 24.0 Å². The van der Waals surface area contributed by atoms with Crippen LogP contribution in [0.4, 0.5) is 0 Å². The summed E-state index contributed by atoms with van der Waals surface area (Å²) in [5.74, 6) is 0.371. The molecule has 0 aliphatic rings. The van der Waals surface area contributed by atoms with Crippen LogP contribution >= 0.6 is 0 Å². The molecule has 26 heavy (non-hydrogen) atoms. The van der Waals surface area contributed by atoms with Gasteiger partial charge in [-0.1, -0.05) is 66.7 Å². The Hall–Kier alpha value is -3.58. The fraction of sp³-hybridized carbons (Fsp3) is 0.0909. The number of hydrogen-bond acceptors (Lipinski definition) is 3. The summed E-state index contributed by atoms with van der Waals surface area (Å²) in [4.78, 5) is 12.1. The molecule has 0 spiro atoms. The quantitative estimate of drug-likeness (QED) is 0.419. The smallest absolute Gasteiger partial charge is 0.262 e. The van der Waals surface area contributed by atoms with E-state index in [1.54, 1.807) is 6.08 Å². The third kappa shape index (κ3) is 4.28. The summed E-state index contributed by atoms with van der Waals surface area (Å²) in [5, 5.41) is 14.1. The molecule has 0 aliphatic heterocycles. The first-order chi connectivity index (χ1) is 12.8. The molecule has 0 heterocycles. The highest BCUT2D eigenvalue weighted by atomic mass is 16.5. The molecule has 1 amide bonds. The van der Waals surface area contributed by atoms with Crippen molar-refractivity contribution in [2.24, 2.45) is 0 Å². The maximum absolute atomic E-state index is 12.1. The van der Waals surface area contributed by atoms with E-state index >= 15 is 0 Å². The third-order valence-electron chi connectivity index (χ3n) is 3.87. The van der Waals surface area contributed by atoms with Gasteiger partial charge in [0, 0.05) is 5.39 Å². The molecule has 4 nitrogen and oxygen atoms in total. The van der Waals surface area contributed by atoms with Crippen LogP contribution in [0.15, 0.2) is 78.4 Å². The molecule has 0 fully saturated rings. The number of carbonyl (C=O) groups is 1. The first-order valence-corrected chi connectivity index (χ1v) is 8.33. The highest BCUT2D eigenvalue weighted by Crippen LogP contribution is 2.24. The predicted octanol–water partition coefficient (Wildman–Crippen LogP) is 3.94. The maximum atomic E-state index is 12.1. The van der Waals surface area contributed by atoms with Gasteiger partial charge in [-0.3, -0.25) is 4.79 Å². The van der Waals surface area contributed by atoms with E-state index in [0.717, 1.165) is 22.1 Å². The molecule has 128 valence electrons. The lowest BCUT2D eigenvalue weighted by Gasteiger charge is -2.10. The van der Waals surface area contributed by atoms with Gasteiger partial charge >= 0.3 is 0 Å². The standard InChI is InChI=1S/C22H18N2O2/c23-16-19(15-17-7-2-1-3-8-17)22(25)24-13-14-26-21-12-6-10-18-9-4-5-11-20(18)21/h1-12,15H,13-14H2,(H,24,25)/b19-15+. The fourth-order valence-electron chi connectivity index (χ4n) is 2.61. The van der Waals surface area contributed by atoms with Gasteiger partial charge in [-0.2, -0.15) is 5.26 Å². The molecular formula is C22H18N2O2. The Labute approximate surface area is 152 Å². The molecule has 0 radical (unpaired) electrons. The maximum Gasteiger partial charge on any atom is 0.262 e. The number of ether oxygens (including phenoxy) is 1. The Balaban J connectivity index is 1.56. The van der Waals surface area contributed by atoms with E-state index in [1.165, 1.54) is 0 Å². The Bertz CT molecular complexity index is 967. The van der Waals surface area contributed by atoms with Crippen molar-refractivity contribution < 1.29 is 9.53 Å². The molecule has 0 atom stereocenters. The Kier molecular flexibility index (Phi) is 5.64.